The first-order chi connectivity index (χ1) is 9.46. The van der Waals surface area contributed by atoms with Gasteiger partial charge in [-0.05, 0) is 38.1 Å². The largest absolute Gasteiger partial charge is 0.494 e. The summed E-state index contributed by atoms with van der Waals surface area (Å²) in [6, 6.07) is 6.67. The lowest BCUT2D eigenvalue weighted by Crippen LogP contribution is -2.45. The third kappa shape index (κ3) is 5.90. The van der Waals surface area contributed by atoms with Crippen molar-refractivity contribution in [3.05, 3.63) is 24.3 Å². The predicted molar refractivity (Wildman–Crippen MR) is 77.1 cm³/mol. The number of nitrogens with one attached hydrogen (secondary N) is 2. The molecule has 0 heterocycles. The number of urea groups is 1. The van der Waals surface area contributed by atoms with Crippen LogP contribution < -0.4 is 15.4 Å². The zero-order valence-electron chi connectivity index (χ0n) is 12.1. The van der Waals surface area contributed by atoms with E-state index in [0.29, 0.717) is 12.3 Å². The minimum atomic E-state index is -1.09. The third-order valence-electron chi connectivity index (χ3n) is 2.51. The Morgan fingerprint density at radius 3 is 2.55 bits per heavy atom. The third-order valence-corrected chi connectivity index (χ3v) is 2.51. The van der Waals surface area contributed by atoms with Crippen molar-refractivity contribution in [1.29, 1.82) is 0 Å². The molecule has 1 aromatic rings. The lowest BCUT2D eigenvalue weighted by molar-refractivity contribution is -0.0133. The summed E-state index contributed by atoms with van der Waals surface area (Å²) in [6.07, 6.45) is 0. The van der Waals surface area contributed by atoms with Crippen molar-refractivity contribution >= 4 is 11.7 Å². The van der Waals surface area contributed by atoms with Gasteiger partial charge in [0.15, 0.2) is 0 Å². The Bertz CT molecular complexity index is 418. The molecule has 0 aliphatic heterocycles. The van der Waals surface area contributed by atoms with Crippen LogP contribution in [-0.2, 0) is 4.74 Å². The summed E-state index contributed by atoms with van der Waals surface area (Å²) in [5, 5.41) is 15.1. The average molecular weight is 282 g/mol. The van der Waals surface area contributed by atoms with Crippen LogP contribution >= 0.6 is 0 Å². The smallest absolute Gasteiger partial charge is 0.319 e. The molecule has 0 saturated carbocycles. The van der Waals surface area contributed by atoms with E-state index in [4.69, 9.17) is 9.47 Å². The maximum absolute atomic E-state index is 11.7. The van der Waals surface area contributed by atoms with E-state index in [9.17, 15) is 9.90 Å². The number of hydrogen-bond acceptors (Lipinski definition) is 4. The van der Waals surface area contributed by atoms with Crippen LogP contribution in [0.1, 0.15) is 13.8 Å². The van der Waals surface area contributed by atoms with Gasteiger partial charge in [0.05, 0.1) is 19.8 Å². The summed E-state index contributed by atoms with van der Waals surface area (Å²) in [4.78, 5) is 11.7. The molecule has 0 bridgehead atoms. The van der Waals surface area contributed by atoms with Gasteiger partial charge in [0, 0.05) is 12.8 Å². The fraction of sp³-hybridized carbons (Fsp3) is 0.500. The van der Waals surface area contributed by atoms with Crippen molar-refractivity contribution in [1.82, 2.24) is 5.32 Å². The second kappa shape index (κ2) is 7.72. The van der Waals surface area contributed by atoms with E-state index < -0.39 is 5.60 Å². The zero-order chi connectivity index (χ0) is 15.0. The molecule has 0 saturated heterocycles. The number of amides is 2. The van der Waals surface area contributed by atoms with Crippen LogP contribution in [-0.4, -0.2) is 43.6 Å². The molecule has 1 aromatic carbocycles. The van der Waals surface area contributed by atoms with Gasteiger partial charge in [0.2, 0.25) is 0 Å². The first-order valence-corrected chi connectivity index (χ1v) is 6.46. The Morgan fingerprint density at radius 1 is 1.35 bits per heavy atom. The highest BCUT2D eigenvalue weighted by Gasteiger charge is 2.20. The summed E-state index contributed by atoms with van der Waals surface area (Å²) >= 11 is 0. The fourth-order valence-electron chi connectivity index (χ4n) is 1.61. The van der Waals surface area contributed by atoms with Crippen LogP contribution in [0.25, 0.3) is 0 Å². The molecule has 112 valence electrons. The number of ether oxygens (including phenoxy) is 2. The van der Waals surface area contributed by atoms with Gasteiger partial charge in [-0.25, -0.2) is 4.79 Å². The Hall–Kier alpha value is -1.79. The van der Waals surface area contributed by atoms with Crippen molar-refractivity contribution < 1.29 is 19.4 Å². The number of benzene rings is 1. The quantitative estimate of drug-likeness (QED) is 0.709. The number of methoxy groups -OCH3 is 1. The molecule has 0 aromatic heterocycles. The van der Waals surface area contributed by atoms with Crippen molar-refractivity contribution in [2.45, 2.75) is 19.4 Å². The van der Waals surface area contributed by atoms with E-state index in [-0.39, 0.29) is 19.2 Å². The Morgan fingerprint density at radius 2 is 2.00 bits per heavy atom. The molecular formula is C14H22N2O4. The maximum Gasteiger partial charge on any atom is 0.319 e. The van der Waals surface area contributed by atoms with Crippen LogP contribution in [0.5, 0.6) is 5.75 Å². The monoisotopic (exact) mass is 282 g/mol. The van der Waals surface area contributed by atoms with E-state index in [1.54, 1.807) is 31.2 Å². The second-order valence-electron chi connectivity index (χ2n) is 4.70. The molecule has 1 atom stereocenters. The number of anilines is 1. The number of carbonyl (C=O) groups is 1. The maximum atomic E-state index is 11.7. The molecule has 0 spiro atoms. The minimum Gasteiger partial charge on any atom is -0.494 e. The van der Waals surface area contributed by atoms with Gasteiger partial charge < -0.3 is 25.2 Å². The molecular weight excluding hydrogens is 260 g/mol. The number of aliphatic hydroxyl groups is 1. The zero-order valence-corrected chi connectivity index (χ0v) is 12.1. The molecule has 0 aliphatic rings. The van der Waals surface area contributed by atoms with Gasteiger partial charge in [-0.3, -0.25) is 0 Å². The Labute approximate surface area is 119 Å². The lowest BCUT2D eigenvalue weighted by atomic mass is 10.1. The summed E-state index contributed by atoms with van der Waals surface area (Å²) < 4.78 is 10.2. The van der Waals surface area contributed by atoms with E-state index >= 15 is 0 Å². The van der Waals surface area contributed by atoms with Crippen LogP contribution in [0.2, 0.25) is 0 Å². The van der Waals surface area contributed by atoms with Gasteiger partial charge in [-0.15, -0.1) is 0 Å². The van der Waals surface area contributed by atoms with E-state index in [2.05, 4.69) is 10.6 Å². The highest BCUT2D eigenvalue weighted by molar-refractivity contribution is 5.89. The Kier molecular flexibility index (Phi) is 6.27. The van der Waals surface area contributed by atoms with Gasteiger partial charge in [0.25, 0.3) is 0 Å². The SMILES string of the molecule is CCOc1ccc(NC(=O)NC[C@](C)(O)COC)cc1. The van der Waals surface area contributed by atoms with Gasteiger partial charge in [-0.1, -0.05) is 0 Å². The molecule has 6 nitrogen and oxygen atoms in total. The molecule has 6 heteroatoms. The summed E-state index contributed by atoms with van der Waals surface area (Å²) in [5.41, 5.74) is -0.442. The highest BCUT2D eigenvalue weighted by Crippen LogP contribution is 2.15. The van der Waals surface area contributed by atoms with Crippen molar-refractivity contribution in [3.8, 4) is 5.75 Å². The van der Waals surface area contributed by atoms with Crippen LogP contribution in [0.15, 0.2) is 24.3 Å². The Balaban J connectivity index is 2.42. The summed E-state index contributed by atoms with van der Waals surface area (Å²) in [7, 11) is 1.49. The summed E-state index contributed by atoms with van der Waals surface area (Å²) in [5.74, 6) is 0.751. The lowest BCUT2D eigenvalue weighted by Gasteiger charge is -2.22. The predicted octanol–water partition coefficient (Wildman–Crippen LogP) is 1.60. The van der Waals surface area contributed by atoms with Crippen LogP contribution in [0.4, 0.5) is 10.5 Å². The fourth-order valence-corrected chi connectivity index (χ4v) is 1.61. The molecule has 0 fully saturated rings. The van der Waals surface area contributed by atoms with Crippen molar-refractivity contribution in [3.63, 3.8) is 0 Å². The van der Waals surface area contributed by atoms with Gasteiger partial charge >= 0.3 is 6.03 Å². The molecule has 20 heavy (non-hydrogen) atoms. The van der Waals surface area contributed by atoms with E-state index in [1.807, 2.05) is 6.92 Å². The molecule has 1 rings (SSSR count). The van der Waals surface area contributed by atoms with Crippen molar-refractivity contribution in [2.24, 2.45) is 0 Å². The normalized spacial score (nSPS) is 13.4. The van der Waals surface area contributed by atoms with Gasteiger partial charge in [-0.2, -0.15) is 0 Å². The number of hydrogen-bond donors (Lipinski definition) is 3. The number of carbonyl (C=O) groups excluding carboxylic acids is 1. The second-order valence-corrected chi connectivity index (χ2v) is 4.70. The van der Waals surface area contributed by atoms with Gasteiger partial charge in [0.1, 0.15) is 11.4 Å². The van der Waals surface area contributed by atoms with E-state index in [1.165, 1.54) is 7.11 Å². The summed E-state index contributed by atoms with van der Waals surface area (Å²) in [6.45, 7) is 4.35. The van der Waals surface area contributed by atoms with Crippen molar-refractivity contribution in [2.75, 3.05) is 32.2 Å². The number of rotatable bonds is 7. The standard InChI is InChI=1S/C14H22N2O4/c1-4-20-12-7-5-11(6-8-12)16-13(17)15-9-14(2,18)10-19-3/h5-8,18H,4,9-10H2,1-3H3,(H2,15,16,17)/t14-/m0/s1. The van der Waals surface area contributed by atoms with Crippen LogP contribution in [0.3, 0.4) is 0 Å². The first kappa shape index (κ1) is 16.3. The molecule has 3 N–H and O–H groups in total. The minimum absolute atomic E-state index is 0.101. The molecule has 0 unspecified atom stereocenters. The first-order valence-electron chi connectivity index (χ1n) is 6.46. The average Bonchev–Trinajstić information content (AvgIpc) is 2.39. The van der Waals surface area contributed by atoms with Crippen LogP contribution in [0, 0.1) is 0 Å². The molecule has 0 aliphatic carbocycles. The highest BCUT2D eigenvalue weighted by atomic mass is 16.5. The molecule has 0 radical (unpaired) electrons. The van der Waals surface area contributed by atoms with E-state index in [0.717, 1.165) is 5.75 Å². The topological polar surface area (TPSA) is 79.8 Å². The molecule has 2 amide bonds.